The molecule has 3 aromatic carbocycles. The summed E-state index contributed by atoms with van der Waals surface area (Å²) in [6.45, 7) is 0. The van der Waals surface area contributed by atoms with Crippen molar-refractivity contribution in [1.29, 1.82) is 0 Å². The van der Waals surface area contributed by atoms with Gasteiger partial charge in [-0.05, 0) is 36.5 Å². The van der Waals surface area contributed by atoms with Crippen molar-refractivity contribution >= 4 is 16.5 Å². The highest BCUT2D eigenvalue weighted by atomic mass is 16.6. The van der Waals surface area contributed by atoms with Gasteiger partial charge in [0.1, 0.15) is 5.75 Å². The maximum Gasteiger partial charge on any atom is 0.269 e. The van der Waals surface area contributed by atoms with E-state index >= 15 is 0 Å². The van der Waals surface area contributed by atoms with E-state index in [0.29, 0.717) is 0 Å². The van der Waals surface area contributed by atoms with E-state index in [4.69, 9.17) is 0 Å². The third-order valence-electron chi connectivity index (χ3n) is 4.13. The van der Waals surface area contributed by atoms with Crippen LogP contribution in [0.25, 0.3) is 10.8 Å². The number of rotatable bonds is 4. The zero-order valence-electron chi connectivity index (χ0n) is 13.5. The first-order chi connectivity index (χ1) is 11.5. The van der Waals surface area contributed by atoms with Gasteiger partial charge in [0.2, 0.25) is 0 Å². The fourth-order valence-electron chi connectivity index (χ4n) is 3.10. The van der Waals surface area contributed by atoms with Crippen LogP contribution in [0.15, 0.2) is 60.7 Å². The smallest absolute Gasteiger partial charge is 0.269 e. The number of phenols is 1. The van der Waals surface area contributed by atoms with Gasteiger partial charge in [0, 0.05) is 17.7 Å². The third kappa shape index (κ3) is 2.81. The number of nitro groups is 1. The van der Waals surface area contributed by atoms with Crippen molar-refractivity contribution in [1.82, 2.24) is 4.90 Å². The molecule has 0 spiro atoms. The molecule has 3 rings (SSSR count). The summed E-state index contributed by atoms with van der Waals surface area (Å²) < 4.78 is 0. The minimum atomic E-state index is -0.404. The second-order valence-corrected chi connectivity index (χ2v) is 5.94. The van der Waals surface area contributed by atoms with Crippen molar-refractivity contribution in [2.24, 2.45) is 0 Å². The molecule has 0 aromatic heterocycles. The largest absolute Gasteiger partial charge is 0.508 e. The van der Waals surface area contributed by atoms with E-state index in [2.05, 4.69) is 0 Å². The highest BCUT2D eigenvalue weighted by Gasteiger charge is 2.24. The van der Waals surface area contributed by atoms with Gasteiger partial charge < -0.3 is 5.11 Å². The molecule has 0 fully saturated rings. The first-order valence-electron chi connectivity index (χ1n) is 7.60. The monoisotopic (exact) mass is 322 g/mol. The summed E-state index contributed by atoms with van der Waals surface area (Å²) in [6.07, 6.45) is 0. The molecule has 0 amide bonds. The predicted octanol–water partition coefficient (Wildman–Crippen LogP) is 4.10. The van der Waals surface area contributed by atoms with Crippen LogP contribution in [0.1, 0.15) is 17.2 Å². The van der Waals surface area contributed by atoms with Crippen LogP contribution in [0, 0.1) is 10.1 Å². The van der Waals surface area contributed by atoms with E-state index in [1.807, 2.05) is 55.4 Å². The number of hydrogen-bond acceptors (Lipinski definition) is 4. The molecule has 0 saturated carbocycles. The fourth-order valence-corrected chi connectivity index (χ4v) is 3.10. The number of aromatic hydroxyl groups is 1. The van der Waals surface area contributed by atoms with E-state index in [9.17, 15) is 15.2 Å². The van der Waals surface area contributed by atoms with Crippen molar-refractivity contribution in [2.75, 3.05) is 14.1 Å². The molecule has 0 saturated heterocycles. The summed E-state index contributed by atoms with van der Waals surface area (Å²) in [7, 11) is 3.79. The Labute approximate surface area is 139 Å². The molecule has 0 heterocycles. The van der Waals surface area contributed by atoms with E-state index in [1.54, 1.807) is 18.2 Å². The van der Waals surface area contributed by atoms with Crippen molar-refractivity contribution in [2.45, 2.75) is 6.04 Å². The maximum atomic E-state index is 11.1. The predicted molar refractivity (Wildman–Crippen MR) is 94.2 cm³/mol. The van der Waals surface area contributed by atoms with Gasteiger partial charge in [-0.2, -0.15) is 0 Å². The lowest BCUT2D eigenvalue weighted by Crippen LogP contribution is -2.21. The van der Waals surface area contributed by atoms with Crippen LogP contribution in [-0.4, -0.2) is 29.0 Å². The topological polar surface area (TPSA) is 66.6 Å². The average Bonchev–Trinajstić information content (AvgIpc) is 2.57. The van der Waals surface area contributed by atoms with Crippen LogP contribution in [0.5, 0.6) is 5.75 Å². The van der Waals surface area contributed by atoms with Gasteiger partial charge in [-0.15, -0.1) is 0 Å². The molecule has 1 N–H and O–H groups in total. The molecular weight excluding hydrogens is 304 g/mol. The summed E-state index contributed by atoms with van der Waals surface area (Å²) in [6, 6.07) is 17.6. The van der Waals surface area contributed by atoms with E-state index < -0.39 is 4.92 Å². The first-order valence-corrected chi connectivity index (χ1v) is 7.60. The molecule has 3 aromatic rings. The van der Waals surface area contributed by atoms with Crippen LogP contribution in [0.2, 0.25) is 0 Å². The van der Waals surface area contributed by atoms with Crippen LogP contribution in [0.3, 0.4) is 0 Å². The molecule has 122 valence electrons. The lowest BCUT2D eigenvalue weighted by atomic mass is 9.92. The van der Waals surface area contributed by atoms with Gasteiger partial charge in [-0.1, -0.05) is 42.5 Å². The number of non-ortho nitro benzene ring substituents is 1. The quantitative estimate of drug-likeness (QED) is 0.580. The minimum Gasteiger partial charge on any atom is -0.508 e. The summed E-state index contributed by atoms with van der Waals surface area (Å²) in [5, 5.41) is 23.6. The highest BCUT2D eigenvalue weighted by molar-refractivity contribution is 5.88. The van der Waals surface area contributed by atoms with E-state index in [0.717, 1.165) is 21.9 Å². The van der Waals surface area contributed by atoms with Crippen LogP contribution >= 0.6 is 0 Å². The fraction of sp³-hybridized carbons (Fsp3) is 0.158. The molecule has 5 heteroatoms. The second-order valence-electron chi connectivity index (χ2n) is 5.94. The van der Waals surface area contributed by atoms with Crippen LogP contribution < -0.4 is 0 Å². The second kappa shape index (κ2) is 6.29. The molecule has 0 aliphatic rings. The van der Waals surface area contributed by atoms with Gasteiger partial charge in [0.25, 0.3) is 5.69 Å². The van der Waals surface area contributed by atoms with Gasteiger partial charge >= 0.3 is 0 Å². The Morgan fingerprint density at radius 2 is 1.79 bits per heavy atom. The minimum absolute atomic E-state index is 0.0408. The number of nitro benzene ring substituents is 1. The average molecular weight is 322 g/mol. The lowest BCUT2D eigenvalue weighted by Gasteiger charge is -2.27. The van der Waals surface area contributed by atoms with Crippen molar-refractivity contribution in [3.05, 3.63) is 81.9 Å². The molecule has 1 atom stereocenters. The molecule has 0 aliphatic heterocycles. The van der Waals surface area contributed by atoms with E-state index in [1.165, 1.54) is 6.07 Å². The Morgan fingerprint density at radius 3 is 2.50 bits per heavy atom. The zero-order valence-corrected chi connectivity index (χ0v) is 13.5. The Morgan fingerprint density at radius 1 is 1.04 bits per heavy atom. The molecule has 0 bridgehead atoms. The number of fused-ring (bicyclic) bond motifs is 1. The Balaban J connectivity index is 2.25. The first kappa shape index (κ1) is 16.0. The molecule has 1 unspecified atom stereocenters. The summed E-state index contributed by atoms with van der Waals surface area (Å²) in [5.41, 5.74) is 1.55. The summed E-state index contributed by atoms with van der Waals surface area (Å²) in [5.74, 6) is 0.180. The standard InChI is InChI=1S/C19H18N2O3/c1-20(2)19(14-7-5-8-15(12-14)21(23)24)18-16-9-4-3-6-13(16)10-11-17(18)22/h3-12,19,22H,1-2H3. The molecule has 0 radical (unpaired) electrons. The van der Waals surface area contributed by atoms with Crippen molar-refractivity contribution in [3.8, 4) is 5.75 Å². The highest BCUT2D eigenvalue weighted by Crippen LogP contribution is 2.38. The zero-order chi connectivity index (χ0) is 17.3. The van der Waals surface area contributed by atoms with Gasteiger partial charge in [-0.3, -0.25) is 15.0 Å². The molecule has 0 aliphatic carbocycles. The van der Waals surface area contributed by atoms with Crippen LogP contribution in [0.4, 0.5) is 5.69 Å². The van der Waals surface area contributed by atoms with Gasteiger partial charge in [0.05, 0.1) is 11.0 Å². The summed E-state index contributed by atoms with van der Waals surface area (Å²) in [4.78, 5) is 12.6. The molecule has 5 nitrogen and oxygen atoms in total. The van der Waals surface area contributed by atoms with Gasteiger partial charge in [0.15, 0.2) is 0 Å². The number of benzene rings is 3. The SMILES string of the molecule is CN(C)C(c1cccc([N+](=O)[O-])c1)c1c(O)ccc2ccccc12. The van der Waals surface area contributed by atoms with Crippen LogP contribution in [-0.2, 0) is 0 Å². The summed E-state index contributed by atoms with van der Waals surface area (Å²) >= 11 is 0. The van der Waals surface area contributed by atoms with Crippen molar-refractivity contribution in [3.63, 3.8) is 0 Å². The third-order valence-corrected chi connectivity index (χ3v) is 4.13. The Kier molecular flexibility index (Phi) is 4.18. The number of phenolic OH excluding ortho intramolecular Hbond substituents is 1. The number of nitrogens with zero attached hydrogens (tertiary/aromatic N) is 2. The van der Waals surface area contributed by atoms with Gasteiger partial charge in [-0.25, -0.2) is 0 Å². The maximum absolute atomic E-state index is 11.1. The Bertz CT molecular complexity index is 906. The molecular formula is C19H18N2O3. The normalized spacial score (nSPS) is 12.5. The number of hydrogen-bond donors (Lipinski definition) is 1. The van der Waals surface area contributed by atoms with E-state index in [-0.39, 0.29) is 17.5 Å². The van der Waals surface area contributed by atoms with Crippen molar-refractivity contribution < 1.29 is 10.0 Å². The Hall–Kier alpha value is -2.92. The lowest BCUT2D eigenvalue weighted by molar-refractivity contribution is -0.384. The molecule has 24 heavy (non-hydrogen) atoms.